The number of thioether (sulfide) groups is 1. The highest BCUT2D eigenvalue weighted by atomic mass is 32.2. The highest BCUT2D eigenvalue weighted by molar-refractivity contribution is 8.02. The lowest BCUT2D eigenvalue weighted by molar-refractivity contribution is 0.805. The lowest BCUT2D eigenvalue weighted by atomic mass is 10.3. The second-order valence-electron chi connectivity index (χ2n) is 4.96. The largest absolute Gasteiger partial charge is 0.159 e. The van der Waals surface area contributed by atoms with Crippen LogP contribution in [0.2, 0.25) is 19.6 Å². The van der Waals surface area contributed by atoms with Crippen molar-refractivity contribution in [2.45, 2.75) is 45.2 Å². The first-order chi connectivity index (χ1) is 4.21. The van der Waals surface area contributed by atoms with Crippen molar-refractivity contribution in [1.82, 2.24) is 0 Å². The molecule has 0 rings (SSSR count). The Morgan fingerprint density at radius 1 is 1.10 bits per heavy atom. The van der Waals surface area contributed by atoms with Crippen molar-refractivity contribution in [2.75, 3.05) is 5.38 Å². The molecule has 0 N–H and O–H groups in total. The average Bonchev–Trinajstić information content (AvgIpc) is 1.57. The minimum atomic E-state index is -0.804. The standard InChI is InChI=1S/C8H20SSi/c1-8(2,3)9-7-10(4,5)6/h7H2,1-6H3. The summed E-state index contributed by atoms with van der Waals surface area (Å²) < 4.78 is 0.459. The van der Waals surface area contributed by atoms with Crippen molar-refractivity contribution in [3.63, 3.8) is 0 Å². The van der Waals surface area contributed by atoms with Gasteiger partial charge in [0, 0.05) is 4.75 Å². The molecule has 0 bridgehead atoms. The molecule has 0 spiro atoms. The summed E-state index contributed by atoms with van der Waals surface area (Å²) in [4.78, 5) is 0. The fourth-order valence-electron chi connectivity index (χ4n) is 0.433. The van der Waals surface area contributed by atoms with Crippen molar-refractivity contribution < 1.29 is 0 Å². The molecule has 0 heterocycles. The number of rotatable bonds is 2. The number of hydrogen-bond acceptors (Lipinski definition) is 1. The molecule has 0 radical (unpaired) electrons. The Kier molecular flexibility index (Phi) is 3.50. The second kappa shape index (κ2) is 3.31. The van der Waals surface area contributed by atoms with E-state index in [1.807, 2.05) is 0 Å². The van der Waals surface area contributed by atoms with Gasteiger partial charge in [0.15, 0.2) is 0 Å². The molecule has 2 heteroatoms. The highest BCUT2D eigenvalue weighted by Crippen LogP contribution is 2.25. The van der Waals surface area contributed by atoms with Gasteiger partial charge in [0.2, 0.25) is 0 Å². The van der Waals surface area contributed by atoms with Crippen LogP contribution in [0, 0.1) is 0 Å². The highest BCUT2D eigenvalue weighted by Gasteiger charge is 2.18. The molecular weight excluding hydrogens is 156 g/mol. The van der Waals surface area contributed by atoms with E-state index in [2.05, 4.69) is 52.2 Å². The summed E-state index contributed by atoms with van der Waals surface area (Å²) in [6, 6.07) is 0. The van der Waals surface area contributed by atoms with E-state index in [0.29, 0.717) is 4.75 Å². The van der Waals surface area contributed by atoms with Gasteiger partial charge in [-0.25, -0.2) is 0 Å². The Labute approximate surface area is 70.8 Å². The molecule has 0 nitrogen and oxygen atoms in total. The van der Waals surface area contributed by atoms with Gasteiger partial charge in [0.25, 0.3) is 0 Å². The first kappa shape index (κ1) is 10.6. The molecule has 0 saturated carbocycles. The Hall–Kier alpha value is 0.567. The van der Waals surface area contributed by atoms with Crippen LogP contribution >= 0.6 is 11.8 Å². The van der Waals surface area contributed by atoms with E-state index in [9.17, 15) is 0 Å². The molecule has 62 valence electrons. The summed E-state index contributed by atoms with van der Waals surface area (Å²) in [7, 11) is -0.804. The topological polar surface area (TPSA) is 0 Å². The van der Waals surface area contributed by atoms with E-state index in [-0.39, 0.29) is 0 Å². The summed E-state index contributed by atoms with van der Waals surface area (Å²) in [5.41, 5.74) is 0. The molecule has 0 aliphatic carbocycles. The van der Waals surface area contributed by atoms with Crippen LogP contribution in [0.25, 0.3) is 0 Å². The van der Waals surface area contributed by atoms with Gasteiger partial charge in [-0.1, -0.05) is 40.4 Å². The van der Waals surface area contributed by atoms with E-state index in [4.69, 9.17) is 0 Å². The Morgan fingerprint density at radius 3 is 1.60 bits per heavy atom. The van der Waals surface area contributed by atoms with Crippen LogP contribution in [-0.2, 0) is 0 Å². The van der Waals surface area contributed by atoms with Crippen molar-refractivity contribution in [3.8, 4) is 0 Å². The zero-order valence-corrected chi connectivity index (χ0v) is 9.93. The predicted octanol–water partition coefficient (Wildman–Crippen LogP) is 3.40. The smallest absolute Gasteiger partial charge is 0.0548 e. The summed E-state index contributed by atoms with van der Waals surface area (Å²) in [6.45, 7) is 14.1. The fraction of sp³-hybridized carbons (Fsp3) is 1.00. The maximum Gasteiger partial charge on any atom is 0.0548 e. The first-order valence-corrected chi connectivity index (χ1v) is 8.54. The lowest BCUT2D eigenvalue weighted by Gasteiger charge is -2.23. The van der Waals surface area contributed by atoms with Crippen molar-refractivity contribution in [3.05, 3.63) is 0 Å². The maximum atomic E-state index is 2.42. The molecule has 0 aromatic rings. The molecule has 10 heavy (non-hydrogen) atoms. The normalized spacial score (nSPS) is 13.8. The van der Waals surface area contributed by atoms with Gasteiger partial charge in [0.1, 0.15) is 0 Å². The minimum Gasteiger partial charge on any atom is -0.159 e. The molecule has 0 aliphatic heterocycles. The minimum absolute atomic E-state index is 0.459. The molecule has 0 amide bonds. The van der Waals surface area contributed by atoms with Crippen molar-refractivity contribution in [2.24, 2.45) is 0 Å². The van der Waals surface area contributed by atoms with Gasteiger partial charge in [-0.2, -0.15) is 11.8 Å². The average molecular weight is 176 g/mol. The Morgan fingerprint density at radius 2 is 1.50 bits per heavy atom. The fourth-order valence-corrected chi connectivity index (χ4v) is 3.90. The monoisotopic (exact) mass is 176 g/mol. The third-order valence-electron chi connectivity index (χ3n) is 0.938. The summed E-state index contributed by atoms with van der Waals surface area (Å²) in [6.07, 6.45) is 0. The zero-order chi connectivity index (χ0) is 8.41. The third-order valence-corrected chi connectivity index (χ3v) is 5.85. The van der Waals surface area contributed by atoms with Crippen LogP contribution in [0.3, 0.4) is 0 Å². The Bertz CT molecular complexity index is 82.8. The molecule has 0 unspecified atom stereocenters. The lowest BCUT2D eigenvalue weighted by Crippen LogP contribution is -2.27. The zero-order valence-electron chi connectivity index (χ0n) is 8.12. The molecule has 0 aromatic heterocycles. The summed E-state index contributed by atoms with van der Waals surface area (Å²) in [5, 5.41) is 1.39. The van der Waals surface area contributed by atoms with Gasteiger partial charge in [0.05, 0.1) is 8.07 Å². The third kappa shape index (κ3) is 8.57. The van der Waals surface area contributed by atoms with Crippen LogP contribution in [-0.4, -0.2) is 18.2 Å². The molecule has 0 aliphatic rings. The number of hydrogen-bond donors (Lipinski definition) is 0. The van der Waals surface area contributed by atoms with E-state index < -0.39 is 8.07 Å². The van der Waals surface area contributed by atoms with Crippen LogP contribution < -0.4 is 0 Å². The van der Waals surface area contributed by atoms with Gasteiger partial charge < -0.3 is 0 Å². The molecule has 0 saturated heterocycles. The van der Waals surface area contributed by atoms with Gasteiger partial charge in [-0.05, 0) is 5.38 Å². The second-order valence-corrected chi connectivity index (χ2v) is 12.8. The van der Waals surface area contributed by atoms with E-state index in [1.165, 1.54) is 5.38 Å². The van der Waals surface area contributed by atoms with Crippen LogP contribution in [0.15, 0.2) is 0 Å². The molecule has 0 fully saturated rings. The predicted molar refractivity (Wildman–Crippen MR) is 55.6 cm³/mol. The van der Waals surface area contributed by atoms with Crippen LogP contribution in [0.1, 0.15) is 20.8 Å². The van der Waals surface area contributed by atoms with E-state index in [0.717, 1.165) is 0 Å². The Balaban J connectivity index is 3.56. The van der Waals surface area contributed by atoms with Crippen LogP contribution in [0.5, 0.6) is 0 Å². The summed E-state index contributed by atoms with van der Waals surface area (Å²) >= 11 is 2.10. The molecular formula is C8H20SSi. The van der Waals surface area contributed by atoms with Gasteiger partial charge in [-0.3, -0.25) is 0 Å². The SMILES string of the molecule is CC(C)(C)SC[Si](C)(C)C. The molecule has 0 aromatic carbocycles. The van der Waals surface area contributed by atoms with E-state index in [1.54, 1.807) is 0 Å². The van der Waals surface area contributed by atoms with Gasteiger partial charge in [-0.15, -0.1) is 0 Å². The quantitative estimate of drug-likeness (QED) is 0.581. The van der Waals surface area contributed by atoms with E-state index >= 15 is 0 Å². The van der Waals surface area contributed by atoms with Crippen molar-refractivity contribution >= 4 is 19.8 Å². The van der Waals surface area contributed by atoms with Crippen molar-refractivity contribution in [1.29, 1.82) is 0 Å². The van der Waals surface area contributed by atoms with Crippen LogP contribution in [0.4, 0.5) is 0 Å². The first-order valence-electron chi connectivity index (χ1n) is 3.85. The maximum absolute atomic E-state index is 2.42. The summed E-state index contributed by atoms with van der Waals surface area (Å²) in [5.74, 6) is 0. The molecule has 0 atom stereocenters. The van der Waals surface area contributed by atoms with Gasteiger partial charge >= 0.3 is 0 Å².